The Balaban J connectivity index is 1.37. The van der Waals surface area contributed by atoms with Crippen LogP contribution in [-0.2, 0) is 32.2 Å². The lowest BCUT2D eigenvalue weighted by molar-refractivity contribution is -0.645. The summed E-state index contributed by atoms with van der Waals surface area (Å²) in [6, 6.07) is 21.0. The van der Waals surface area contributed by atoms with Crippen LogP contribution >= 0.6 is 11.8 Å². The van der Waals surface area contributed by atoms with Crippen LogP contribution in [0.2, 0.25) is 0 Å². The van der Waals surface area contributed by atoms with Crippen LogP contribution in [0.1, 0.15) is 74.2 Å². The maximum absolute atomic E-state index is 12.3. The van der Waals surface area contributed by atoms with E-state index < -0.39 is 6.29 Å². The number of carbonyl (C=O) groups is 2. The number of benzene rings is 2. The number of carbonyl (C=O) groups excluding carboxylic acids is 2. The van der Waals surface area contributed by atoms with E-state index >= 15 is 0 Å². The Bertz CT molecular complexity index is 1320. The van der Waals surface area contributed by atoms with Crippen LogP contribution in [0.5, 0.6) is 0 Å². The molecule has 1 aliphatic rings. The average Bonchev–Trinajstić information content (AvgIpc) is 3.02. The Hall–Kier alpha value is -3.44. The van der Waals surface area contributed by atoms with Gasteiger partial charge in [-0.3, -0.25) is 9.59 Å². The molecule has 230 valence electrons. The van der Waals surface area contributed by atoms with E-state index in [2.05, 4.69) is 17.6 Å². The molecule has 1 aliphatic heterocycles. The first-order valence-corrected chi connectivity index (χ1v) is 15.7. The lowest BCUT2D eigenvalue weighted by atomic mass is 9.91. The second-order valence-electron chi connectivity index (χ2n) is 10.8. The van der Waals surface area contributed by atoms with Gasteiger partial charge in [0.15, 0.2) is 12.5 Å². The number of aliphatic hydroxyl groups is 1. The molecular weight excluding hydrogens is 566 g/mol. The summed E-state index contributed by atoms with van der Waals surface area (Å²) >= 11 is 1.46. The van der Waals surface area contributed by atoms with Crippen molar-refractivity contribution in [2.45, 2.75) is 76.2 Å². The predicted octanol–water partition coefficient (Wildman–Crippen LogP) is 4.71. The molecule has 2 amide bonds. The van der Waals surface area contributed by atoms with Crippen molar-refractivity contribution in [1.82, 2.24) is 10.6 Å². The molecular formula is C33H41N3O6S. The molecule has 3 N–H and O–H groups in total. The van der Waals surface area contributed by atoms with E-state index in [0.717, 1.165) is 46.2 Å². The molecule has 0 aliphatic carbocycles. The smallest absolute Gasteiger partial charge is 0.251 e. The molecule has 1 aromatic heterocycles. The number of aliphatic hydroxyl groups excluding tert-OH is 1. The van der Waals surface area contributed by atoms with Crippen LogP contribution in [0, 0.1) is 11.1 Å². The molecule has 4 unspecified atom stereocenters. The first kappa shape index (κ1) is 32.5. The van der Waals surface area contributed by atoms with Crippen molar-refractivity contribution in [3.8, 4) is 0 Å². The molecule has 2 aromatic carbocycles. The molecule has 1 fully saturated rings. The zero-order valence-corrected chi connectivity index (χ0v) is 25.6. The van der Waals surface area contributed by atoms with Gasteiger partial charge in [0.2, 0.25) is 11.8 Å². The molecule has 10 heteroatoms. The monoisotopic (exact) mass is 607 g/mol. The average molecular weight is 608 g/mol. The number of hydrogen-bond acceptors (Lipinski definition) is 7. The minimum atomic E-state index is -0.611. The summed E-state index contributed by atoms with van der Waals surface area (Å²) < 4.78 is 13.9. The number of thioether (sulfide) groups is 1. The van der Waals surface area contributed by atoms with Crippen molar-refractivity contribution in [2.75, 3.05) is 12.3 Å². The number of ether oxygens (including phenoxy) is 2. The van der Waals surface area contributed by atoms with Gasteiger partial charge < -0.3 is 30.4 Å². The minimum Gasteiger partial charge on any atom is -0.618 e. The van der Waals surface area contributed by atoms with Gasteiger partial charge in [-0.05, 0) is 35.6 Å². The fourth-order valence-corrected chi connectivity index (χ4v) is 6.02. The molecule has 0 radical (unpaired) electrons. The number of nitrogens with one attached hydrogen (secondary N) is 2. The van der Waals surface area contributed by atoms with Crippen LogP contribution in [-0.4, -0.2) is 35.3 Å². The maximum atomic E-state index is 12.3. The van der Waals surface area contributed by atoms with Gasteiger partial charge in [-0.1, -0.05) is 73.6 Å². The van der Waals surface area contributed by atoms with E-state index in [-0.39, 0.29) is 36.5 Å². The van der Waals surface area contributed by atoms with Crippen molar-refractivity contribution in [3.63, 3.8) is 0 Å². The first-order chi connectivity index (χ1) is 20.8. The topological polar surface area (TPSA) is 124 Å². The Morgan fingerprint density at radius 2 is 1.65 bits per heavy atom. The van der Waals surface area contributed by atoms with Gasteiger partial charge in [-0.15, -0.1) is 0 Å². The number of aromatic nitrogens is 1. The lowest BCUT2D eigenvalue weighted by Gasteiger charge is -2.41. The van der Waals surface area contributed by atoms with Gasteiger partial charge in [0.25, 0.3) is 5.03 Å². The van der Waals surface area contributed by atoms with Crippen molar-refractivity contribution >= 4 is 23.6 Å². The van der Waals surface area contributed by atoms with Gasteiger partial charge >= 0.3 is 0 Å². The van der Waals surface area contributed by atoms with E-state index in [1.165, 1.54) is 24.9 Å². The fraction of sp³-hybridized carbons (Fsp3) is 0.424. The van der Waals surface area contributed by atoms with E-state index in [4.69, 9.17) is 9.47 Å². The number of hydrogen-bond donors (Lipinski definition) is 3. The molecule has 4 atom stereocenters. The lowest BCUT2D eigenvalue weighted by Crippen LogP contribution is -2.39. The first-order valence-electron chi connectivity index (χ1n) is 14.8. The van der Waals surface area contributed by atoms with Crippen molar-refractivity contribution in [1.29, 1.82) is 0 Å². The molecule has 0 bridgehead atoms. The van der Waals surface area contributed by atoms with Gasteiger partial charge in [0.1, 0.15) is 0 Å². The molecule has 0 saturated carbocycles. The molecule has 3 aromatic rings. The summed E-state index contributed by atoms with van der Waals surface area (Å²) in [6.45, 7) is 4.64. The highest BCUT2D eigenvalue weighted by Crippen LogP contribution is 2.42. The summed E-state index contributed by atoms with van der Waals surface area (Å²) in [5, 5.41) is 28.0. The second kappa shape index (κ2) is 16.4. The van der Waals surface area contributed by atoms with Gasteiger partial charge in [0.05, 0.1) is 18.8 Å². The fourth-order valence-electron chi connectivity index (χ4n) is 4.94. The third-order valence-electron chi connectivity index (χ3n) is 7.50. The zero-order chi connectivity index (χ0) is 30.6. The Labute approximate surface area is 257 Å². The molecule has 0 spiro atoms. The minimum absolute atomic E-state index is 0.00440. The Morgan fingerprint density at radius 1 is 0.930 bits per heavy atom. The van der Waals surface area contributed by atoms with E-state index in [1.807, 2.05) is 54.6 Å². The van der Waals surface area contributed by atoms with Crippen molar-refractivity contribution in [3.05, 3.63) is 100 Å². The SMILES string of the molecule is CC(=O)NCCCCCC(=O)NCc1ccc(C2OC(CSc3cccc[n+]3[O-])C(C)C(c3ccc(CO)cc3)O2)cc1. The van der Waals surface area contributed by atoms with E-state index in [1.54, 1.807) is 12.1 Å². The number of amides is 2. The van der Waals surface area contributed by atoms with Crippen LogP contribution in [0.15, 0.2) is 78.0 Å². The number of unbranched alkanes of at least 4 members (excludes halogenated alkanes) is 2. The van der Waals surface area contributed by atoms with Crippen molar-refractivity contribution < 1.29 is 28.9 Å². The number of nitrogens with zero attached hydrogens (tertiary/aromatic N) is 1. The largest absolute Gasteiger partial charge is 0.618 e. The van der Waals surface area contributed by atoms with Gasteiger partial charge in [-0.2, -0.15) is 4.73 Å². The van der Waals surface area contributed by atoms with Gasteiger partial charge in [0, 0.05) is 55.8 Å². The molecule has 43 heavy (non-hydrogen) atoms. The third-order valence-corrected chi connectivity index (χ3v) is 8.61. The normalized spacial score (nSPS) is 20.0. The quantitative estimate of drug-likeness (QED) is 0.105. The van der Waals surface area contributed by atoms with Crippen LogP contribution < -0.4 is 15.4 Å². The zero-order valence-electron chi connectivity index (χ0n) is 24.7. The maximum Gasteiger partial charge on any atom is 0.251 e. The highest BCUT2D eigenvalue weighted by atomic mass is 32.2. The number of pyridine rings is 1. The molecule has 9 nitrogen and oxygen atoms in total. The van der Waals surface area contributed by atoms with Gasteiger partial charge in [-0.25, -0.2) is 0 Å². The third kappa shape index (κ3) is 9.79. The predicted molar refractivity (Wildman–Crippen MR) is 165 cm³/mol. The summed E-state index contributed by atoms with van der Waals surface area (Å²) in [4.78, 5) is 23.2. The molecule has 4 rings (SSSR count). The standard InChI is InChI=1S/C33H41N3O6S/c1-23-29(22-43-31-9-5-7-19-36(31)40)41-33(42-32(23)27-14-12-26(21-37)13-15-27)28-16-10-25(11-17-28)20-35-30(39)8-4-3-6-18-34-24(2)38/h5,7,9-17,19,23,29,32-33,37H,3-4,6,8,18,20-22H2,1-2H3,(H,34,38)(H,35,39). The Kier molecular flexibility index (Phi) is 12.4. The van der Waals surface area contributed by atoms with E-state index in [0.29, 0.717) is 30.3 Å². The summed E-state index contributed by atoms with van der Waals surface area (Å²) in [7, 11) is 0. The summed E-state index contributed by atoms with van der Waals surface area (Å²) in [5.41, 5.74) is 3.67. The number of rotatable bonds is 14. The van der Waals surface area contributed by atoms with Crippen molar-refractivity contribution in [2.24, 2.45) is 5.92 Å². The van der Waals surface area contributed by atoms with Crippen LogP contribution in [0.3, 0.4) is 0 Å². The molecule has 1 saturated heterocycles. The summed E-state index contributed by atoms with van der Waals surface area (Å²) in [5.74, 6) is 0.556. The van der Waals surface area contributed by atoms with Crippen LogP contribution in [0.25, 0.3) is 0 Å². The highest BCUT2D eigenvalue weighted by molar-refractivity contribution is 7.99. The van der Waals surface area contributed by atoms with Crippen LogP contribution in [0.4, 0.5) is 0 Å². The summed E-state index contributed by atoms with van der Waals surface area (Å²) in [6.07, 6.45) is 3.42. The molecule has 2 heterocycles. The second-order valence-corrected chi connectivity index (χ2v) is 11.8. The highest BCUT2D eigenvalue weighted by Gasteiger charge is 2.38. The van der Waals surface area contributed by atoms with E-state index in [9.17, 15) is 19.9 Å². The Morgan fingerprint density at radius 3 is 2.35 bits per heavy atom.